The van der Waals surface area contributed by atoms with Gasteiger partial charge in [0.1, 0.15) is 41.4 Å². The minimum atomic E-state index is -1.51. The molecule has 5 aromatic rings. The van der Waals surface area contributed by atoms with Crippen molar-refractivity contribution in [2.24, 2.45) is 15.9 Å². The Labute approximate surface area is 303 Å². The molecule has 6 heterocycles. The molecule has 15 nitrogen and oxygen atoms in total. The van der Waals surface area contributed by atoms with Gasteiger partial charge in [0.15, 0.2) is 23.6 Å². The Kier molecular flexibility index (Phi) is 9.39. The number of fused-ring (bicyclic) bond motifs is 2. The van der Waals surface area contributed by atoms with Crippen molar-refractivity contribution in [1.29, 1.82) is 0 Å². The molecule has 2 amide bonds. The smallest absolute Gasteiger partial charge is 0.276 e. The topological polar surface area (TPSA) is 210 Å². The number of carbonyl (C=O) groups is 3. The molecule has 0 saturated carbocycles. The first kappa shape index (κ1) is 34.3. The van der Waals surface area contributed by atoms with E-state index in [0.29, 0.717) is 22.4 Å². The van der Waals surface area contributed by atoms with Crippen LogP contribution < -0.4 is 26.5 Å². The molecular formula is C34H29FN10O5S2. The number of benzene rings is 1. The minimum absolute atomic E-state index is 0.139. The van der Waals surface area contributed by atoms with Crippen LogP contribution in [0.4, 0.5) is 15.2 Å². The van der Waals surface area contributed by atoms with Crippen LogP contribution >= 0.6 is 23.1 Å². The fourth-order valence-corrected chi connectivity index (χ4v) is 7.92. The number of β-lactam (4-membered cyclic amide) rings is 1. The van der Waals surface area contributed by atoms with Gasteiger partial charge in [-0.05, 0) is 24.3 Å². The van der Waals surface area contributed by atoms with E-state index in [1.165, 1.54) is 30.3 Å². The predicted octanol–water partition coefficient (Wildman–Crippen LogP) is 1.04. The van der Waals surface area contributed by atoms with Crippen LogP contribution in [0, 0.1) is 5.82 Å². The monoisotopic (exact) mass is 740 g/mol. The number of aromatic nitrogens is 4. The third-order valence-corrected chi connectivity index (χ3v) is 10.5. The number of rotatable bonds is 11. The lowest BCUT2D eigenvalue weighted by Gasteiger charge is -2.50. The molecule has 0 aliphatic carbocycles. The number of amides is 2. The molecule has 7 rings (SSSR count). The predicted molar refractivity (Wildman–Crippen MR) is 189 cm³/mol. The summed E-state index contributed by atoms with van der Waals surface area (Å²) < 4.78 is 19.1. The van der Waals surface area contributed by atoms with Crippen molar-refractivity contribution in [3.63, 3.8) is 0 Å². The van der Waals surface area contributed by atoms with Gasteiger partial charge in [-0.25, -0.2) is 14.4 Å². The standard InChI is InChI=1S/C34H29FN10O5S2/c1-50-42-26(23-17-52-34(37)40-23)30(46)41-27-31(47)45-28(33(48)49)20(16-51-32(27)45)15-43-11-2-3-24-25(43)8-12-44(24)14-19-5-4-18(13-22(19)35)29(36)39-21-6-9-38-10-7-21/h2-13,17,27,32H,14-16H2,1H3,(H5-,36,37,38,39,40,41,46,48,49)/b42-26-/t27-,32-/m1/s1. The highest BCUT2D eigenvalue weighted by Gasteiger charge is 2.53. The fraction of sp³-hybridized carbons (Fsp3) is 0.176. The number of carboxylic acid groups (broad SMARTS) is 1. The zero-order valence-corrected chi connectivity index (χ0v) is 28.9. The summed E-state index contributed by atoms with van der Waals surface area (Å²) in [5.41, 5.74) is 15.1. The number of aliphatic carboxylic acids is 1. The molecule has 0 bridgehead atoms. The van der Waals surface area contributed by atoms with Crippen LogP contribution in [-0.4, -0.2) is 73.0 Å². The van der Waals surface area contributed by atoms with Gasteiger partial charge in [-0.15, -0.1) is 23.1 Å². The Bertz CT molecular complexity index is 2320. The van der Waals surface area contributed by atoms with Crippen LogP contribution in [0.5, 0.6) is 0 Å². The van der Waals surface area contributed by atoms with Crippen molar-refractivity contribution < 1.29 is 33.3 Å². The van der Waals surface area contributed by atoms with E-state index in [-0.39, 0.29) is 46.9 Å². The first-order chi connectivity index (χ1) is 25.1. The number of hydrogen-bond acceptors (Lipinski definition) is 12. The minimum Gasteiger partial charge on any atom is -0.543 e. The van der Waals surface area contributed by atoms with Crippen LogP contribution in [0.25, 0.3) is 11.0 Å². The highest BCUT2D eigenvalue weighted by molar-refractivity contribution is 8.00. The number of amidine groups is 1. The summed E-state index contributed by atoms with van der Waals surface area (Å²) >= 11 is 2.42. The lowest BCUT2D eigenvalue weighted by atomic mass is 10.0. The average Bonchev–Trinajstić information content (AvgIpc) is 3.76. The second-order valence-electron chi connectivity index (χ2n) is 11.7. The van der Waals surface area contributed by atoms with Gasteiger partial charge in [-0.3, -0.25) is 19.5 Å². The quantitative estimate of drug-likeness (QED) is 0.0576. The second kappa shape index (κ2) is 14.2. The van der Waals surface area contributed by atoms with Gasteiger partial charge in [-0.1, -0.05) is 17.3 Å². The van der Waals surface area contributed by atoms with Crippen molar-refractivity contribution in [3.05, 3.63) is 113 Å². The van der Waals surface area contributed by atoms with E-state index in [4.69, 9.17) is 16.3 Å². The van der Waals surface area contributed by atoms with Crippen LogP contribution in [-0.2, 0) is 32.3 Å². The molecule has 18 heteroatoms. The highest BCUT2D eigenvalue weighted by atomic mass is 32.2. The van der Waals surface area contributed by atoms with E-state index >= 15 is 4.39 Å². The number of halogens is 1. The third kappa shape index (κ3) is 6.56. The summed E-state index contributed by atoms with van der Waals surface area (Å²) in [5.74, 6) is -2.86. The molecule has 1 aromatic carbocycles. The van der Waals surface area contributed by atoms with Gasteiger partial charge in [-0.2, -0.15) is 4.57 Å². The molecule has 1 saturated heterocycles. The number of carbonyl (C=O) groups excluding carboxylic acids is 3. The summed E-state index contributed by atoms with van der Waals surface area (Å²) in [6.45, 7) is 0.355. The van der Waals surface area contributed by atoms with Gasteiger partial charge in [0.25, 0.3) is 11.8 Å². The Balaban J connectivity index is 1.08. The number of anilines is 1. The molecule has 1 fully saturated rings. The van der Waals surface area contributed by atoms with Gasteiger partial charge < -0.3 is 36.1 Å². The summed E-state index contributed by atoms with van der Waals surface area (Å²) in [6.07, 6.45) is 6.80. The zero-order chi connectivity index (χ0) is 36.5. The molecule has 2 atom stereocenters. The molecule has 2 aliphatic rings. The van der Waals surface area contributed by atoms with E-state index < -0.39 is 35.0 Å². The van der Waals surface area contributed by atoms with E-state index in [0.717, 1.165) is 27.3 Å². The van der Waals surface area contributed by atoms with E-state index in [1.54, 1.807) is 42.9 Å². The normalized spacial score (nSPS) is 17.6. The number of nitrogens with one attached hydrogen (secondary N) is 1. The van der Waals surface area contributed by atoms with E-state index in [1.807, 2.05) is 33.5 Å². The van der Waals surface area contributed by atoms with Crippen LogP contribution in [0.15, 0.2) is 100 Å². The maximum absolute atomic E-state index is 15.3. The Morgan fingerprint density at radius 1 is 1.21 bits per heavy atom. The number of aliphatic imine (C=N–C) groups is 1. The molecular weight excluding hydrogens is 712 g/mol. The third-order valence-electron chi connectivity index (χ3n) is 8.47. The van der Waals surface area contributed by atoms with Crippen molar-refractivity contribution >= 4 is 74.3 Å². The number of oxime groups is 1. The molecule has 4 aromatic heterocycles. The fourth-order valence-electron chi connectivity index (χ4n) is 6.03. The second-order valence-corrected chi connectivity index (χ2v) is 13.6. The number of carboxylic acids is 1. The number of thioether (sulfide) groups is 1. The lowest BCUT2D eigenvalue weighted by Crippen LogP contribution is -2.71. The van der Waals surface area contributed by atoms with Crippen LogP contribution in [0.1, 0.15) is 16.8 Å². The molecule has 0 radical (unpaired) electrons. The van der Waals surface area contributed by atoms with Crippen molar-refractivity contribution in [2.45, 2.75) is 24.5 Å². The SMILES string of the molecule is CO/N=C(\C(=O)N[C@@H]1C(=O)N2C(C(=O)[O-])=C(C[n+]3cccc4c3ccn4Cc3ccc(C(N)=Nc4ccncc4)cc3F)CS[C@H]12)c1csc(N)n1. The number of pyridine rings is 2. The Morgan fingerprint density at radius 2 is 2.02 bits per heavy atom. The maximum Gasteiger partial charge on any atom is 0.276 e. The Morgan fingerprint density at radius 3 is 2.73 bits per heavy atom. The number of thiazole rings is 1. The molecule has 2 aliphatic heterocycles. The molecule has 0 spiro atoms. The summed E-state index contributed by atoms with van der Waals surface area (Å²) in [6, 6.07) is 12.6. The van der Waals surface area contributed by atoms with Gasteiger partial charge >= 0.3 is 0 Å². The molecule has 0 unspecified atom stereocenters. The van der Waals surface area contributed by atoms with Crippen molar-refractivity contribution in [2.75, 3.05) is 18.6 Å². The molecule has 5 N–H and O–H groups in total. The first-order valence-electron chi connectivity index (χ1n) is 15.6. The number of hydrogen-bond donors (Lipinski definition) is 3. The van der Waals surface area contributed by atoms with Gasteiger partial charge in [0.05, 0.1) is 23.9 Å². The first-order valence-corrected chi connectivity index (χ1v) is 17.6. The van der Waals surface area contributed by atoms with Crippen molar-refractivity contribution in [3.8, 4) is 0 Å². The van der Waals surface area contributed by atoms with E-state index in [9.17, 15) is 19.5 Å². The van der Waals surface area contributed by atoms with Crippen molar-refractivity contribution in [1.82, 2.24) is 24.8 Å². The highest BCUT2D eigenvalue weighted by Crippen LogP contribution is 2.40. The number of nitrogens with zero attached hydrogens (tertiary/aromatic N) is 7. The average molecular weight is 741 g/mol. The summed E-state index contributed by atoms with van der Waals surface area (Å²) in [7, 11) is 1.26. The number of nitrogen functional groups attached to an aromatic ring is 1. The van der Waals surface area contributed by atoms with Gasteiger partial charge in [0.2, 0.25) is 5.52 Å². The zero-order valence-electron chi connectivity index (χ0n) is 27.3. The largest absolute Gasteiger partial charge is 0.543 e. The summed E-state index contributed by atoms with van der Waals surface area (Å²) in [4.78, 5) is 57.2. The van der Waals surface area contributed by atoms with Crippen LogP contribution in [0.3, 0.4) is 0 Å². The summed E-state index contributed by atoms with van der Waals surface area (Å²) in [5, 5.41) is 19.9. The molecule has 52 heavy (non-hydrogen) atoms. The lowest BCUT2D eigenvalue weighted by molar-refractivity contribution is -0.663. The van der Waals surface area contributed by atoms with Crippen LogP contribution in [0.2, 0.25) is 0 Å². The molecule has 264 valence electrons. The van der Waals surface area contributed by atoms with E-state index in [2.05, 4.69) is 25.4 Å². The number of nitrogens with two attached hydrogens (primary N) is 2. The van der Waals surface area contributed by atoms with Gasteiger partial charge in [0, 0.05) is 58.6 Å². The maximum atomic E-state index is 15.3. The Hall–Kier alpha value is -6.14.